The maximum Gasteiger partial charge on any atom is 0.430 e. The van der Waals surface area contributed by atoms with Crippen LogP contribution < -0.4 is 0 Å². The summed E-state index contributed by atoms with van der Waals surface area (Å²) >= 11 is 5.79. The number of aliphatic hydroxyl groups is 1. The van der Waals surface area contributed by atoms with Crippen LogP contribution in [0.2, 0.25) is 5.15 Å². The van der Waals surface area contributed by atoms with E-state index in [9.17, 15) is 31.4 Å². The van der Waals surface area contributed by atoms with E-state index in [2.05, 4.69) is 4.98 Å². The van der Waals surface area contributed by atoms with E-state index < -0.39 is 23.5 Å². The fourth-order valence-electron chi connectivity index (χ4n) is 2.00. The number of hydrogen-bond donors (Lipinski definition) is 1. The van der Waals surface area contributed by atoms with Crippen LogP contribution in [0.1, 0.15) is 5.56 Å². The van der Waals surface area contributed by atoms with Crippen LogP contribution in [0.4, 0.5) is 26.3 Å². The Kier molecular flexibility index (Phi) is 4.34. The molecule has 0 saturated carbocycles. The highest BCUT2D eigenvalue weighted by atomic mass is 35.5. The van der Waals surface area contributed by atoms with Crippen molar-refractivity contribution < 1.29 is 31.4 Å². The number of aromatic nitrogens is 1. The zero-order chi connectivity index (χ0) is 17.5. The Morgan fingerprint density at radius 2 is 1.52 bits per heavy atom. The fourth-order valence-corrected chi connectivity index (χ4v) is 2.23. The molecule has 2 aromatic rings. The topological polar surface area (TPSA) is 33.1 Å². The zero-order valence-corrected chi connectivity index (χ0v) is 11.8. The summed E-state index contributed by atoms with van der Waals surface area (Å²) in [5.74, 6) is 0. The van der Waals surface area contributed by atoms with Gasteiger partial charge in [-0.05, 0) is 23.8 Å². The maximum atomic E-state index is 12.9. The van der Waals surface area contributed by atoms with Gasteiger partial charge in [0.15, 0.2) is 0 Å². The molecule has 0 saturated heterocycles. The van der Waals surface area contributed by atoms with Crippen molar-refractivity contribution in [2.75, 3.05) is 0 Å². The Bertz CT molecular complexity index is 699. The number of pyridine rings is 1. The van der Waals surface area contributed by atoms with E-state index in [0.717, 1.165) is 6.07 Å². The van der Waals surface area contributed by atoms with Crippen molar-refractivity contribution in [3.8, 4) is 11.1 Å². The molecule has 2 nitrogen and oxygen atoms in total. The Morgan fingerprint density at radius 3 is 2.04 bits per heavy atom. The monoisotopic (exact) mass is 355 g/mol. The van der Waals surface area contributed by atoms with Gasteiger partial charge in [0.2, 0.25) is 0 Å². The molecule has 0 aliphatic rings. The first-order chi connectivity index (χ1) is 10.5. The molecule has 0 atom stereocenters. The summed E-state index contributed by atoms with van der Waals surface area (Å²) < 4.78 is 77.3. The largest absolute Gasteiger partial charge is 0.430 e. The molecule has 23 heavy (non-hydrogen) atoms. The fraction of sp³-hybridized carbons (Fsp3) is 0.214. The van der Waals surface area contributed by atoms with Gasteiger partial charge in [0.25, 0.3) is 5.60 Å². The van der Waals surface area contributed by atoms with Crippen molar-refractivity contribution in [2.45, 2.75) is 18.0 Å². The molecular formula is C14H8ClF6NO. The van der Waals surface area contributed by atoms with Gasteiger partial charge in [0.05, 0.1) is 0 Å². The zero-order valence-electron chi connectivity index (χ0n) is 11.1. The molecular weight excluding hydrogens is 348 g/mol. The standard InChI is InChI=1S/C14H8ClF6NO/c15-11-10(5-2-6-22-11)8-3-1-4-9(7-8)12(23,13(16,17)18)14(19,20)21/h1-7,23H. The number of benzene rings is 1. The molecule has 2 rings (SSSR count). The van der Waals surface area contributed by atoms with Crippen LogP contribution in [0.5, 0.6) is 0 Å². The number of nitrogens with zero attached hydrogens (tertiary/aromatic N) is 1. The first-order valence-electron chi connectivity index (χ1n) is 6.05. The van der Waals surface area contributed by atoms with Gasteiger partial charge in [-0.1, -0.05) is 29.8 Å². The lowest BCUT2D eigenvalue weighted by Crippen LogP contribution is -2.53. The summed E-state index contributed by atoms with van der Waals surface area (Å²) in [5, 5.41) is 9.31. The normalized spacial score (nSPS) is 13.2. The van der Waals surface area contributed by atoms with Crippen LogP contribution in [-0.4, -0.2) is 22.4 Å². The van der Waals surface area contributed by atoms with Gasteiger partial charge in [0.1, 0.15) is 5.15 Å². The van der Waals surface area contributed by atoms with E-state index in [1.165, 1.54) is 24.4 Å². The van der Waals surface area contributed by atoms with Crippen LogP contribution >= 0.6 is 11.6 Å². The van der Waals surface area contributed by atoms with Crippen molar-refractivity contribution in [3.05, 3.63) is 53.3 Å². The molecule has 0 amide bonds. The highest BCUT2D eigenvalue weighted by Crippen LogP contribution is 2.50. The van der Waals surface area contributed by atoms with Crippen LogP contribution in [-0.2, 0) is 5.60 Å². The maximum absolute atomic E-state index is 12.9. The summed E-state index contributed by atoms with van der Waals surface area (Å²) in [4.78, 5) is 3.70. The predicted octanol–water partition coefficient (Wildman–Crippen LogP) is 4.71. The van der Waals surface area contributed by atoms with Crippen LogP contribution in [0, 0.1) is 0 Å². The van der Waals surface area contributed by atoms with Crippen molar-refractivity contribution >= 4 is 11.6 Å². The minimum atomic E-state index is -5.94. The number of halogens is 7. The minimum absolute atomic E-state index is 0.0347. The first kappa shape index (κ1) is 17.6. The Hall–Kier alpha value is -1.80. The first-order valence-corrected chi connectivity index (χ1v) is 6.43. The van der Waals surface area contributed by atoms with E-state index in [0.29, 0.717) is 12.1 Å². The SMILES string of the molecule is OC(c1cccc(-c2cccnc2Cl)c1)(C(F)(F)F)C(F)(F)F. The van der Waals surface area contributed by atoms with E-state index in [4.69, 9.17) is 11.6 Å². The van der Waals surface area contributed by atoms with E-state index in [-0.39, 0.29) is 16.3 Å². The number of alkyl halides is 6. The second kappa shape index (κ2) is 5.68. The Morgan fingerprint density at radius 1 is 0.913 bits per heavy atom. The molecule has 1 aromatic heterocycles. The molecule has 1 heterocycles. The molecule has 9 heteroatoms. The molecule has 0 bridgehead atoms. The van der Waals surface area contributed by atoms with Crippen molar-refractivity contribution in [1.29, 1.82) is 0 Å². The molecule has 0 aliphatic heterocycles. The molecule has 124 valence electrons. The van der Waals surface area contributed by atoms with Gasteiger partial charge in [-0.15, -0.1) is 0 Å². The molecule has 1 N–H and O–H groups in total. The highest BCUT2D eigenvalue weighted by molar-refractivity contribution is 6.32. The van der Waals surface area contributed by atoms with Crippen molar-refractivity contribution in [3.63, 3.8) is 0 Å². The van der Waals surface area contributed by atoms with Crippen LogP contribution in [0.3, 0.4) is 0 Å². The third-order valence-corrected chi connectivity index (χ3v) is 3.47. The van der Waals surface area contributed by atoms with E-state index in [1.54, 1.807) is 0 Å². The Balaban J connectivity index is 2.65. The lowest BCUT2D eigenvalue weighted by atomic mass is 9.90. The summed E-state index contributed by atoms with van der Waals surface area (Å²) in [6.45, 7) is 0. The predicted molar refractivity (Wildman–Crippen MR) is 70.7 cm³/mol. The summed E-state index contributed by atoms with van der Waals surface area (Å²) in [6, 6.07) is 6.18. The number of hydrogen-bond acceptors (Lipinski definition) is 2. The number of rotatable bonds is 2. The van der Waals surface area contributed by atoms with Crippen molar-refractivity contribution in [2.24, 2.45) is 0 Å². The molecule has 1 aromatic carbocycles. The summed E-state index contributed by atoms with van der Waals surface area (Å²) in [5.41, 5.74) is -6.23. The van der Waals surface area contributed by atoms with Gasteiger partial charge in [-0.3, -0.25) is 0 Å². The lowest BCUT2D eigenvalue weighted by molar-refractivity contribution is -0.376. The lowest BCUT2D eigenvalue weighted by Gasteiger charge is -2.32. The smallest absolute Gasteiger partial charge is 0.369 e. The van der Waals surface area contributed by atoms with Gasteiger partial charge in [-0.25, -0.2) is 4.98 Å². The second-order valence-electron chi connectivity index (χ2n) is 4.63. The highest BCUT2D eigenvalue weighted by Gasteiger charge is 2.71. The van der Waals surface area contributed by atoms with E-state index in [1.807, 2.05) is 0 Å². The molecule has 0 fully saturated rings. The average molecular weight is 356 g/mol. The molecule has 0 spiro atoms. The second-order valence-corrected chi connectivity index (χ2v) is 4.99. The van der Waals surface area contributed by atoms with Crippen LogP contribution in [0.15, 0.2) is 42.6 Å². The molecule has 0 radical (unpaired) electrons. The van der Waals surface area contributed by atoms with Gasteiger partial charge in [-0.2, -0.15) is 26.3 Å². The van der Waals surface area contributed by atoms with Crippen molar-refractivity contribution in [1.82, 2.24) is 4.98 Å². The quantitative estimate of drug-likeness (QED) is 0.625. The summed E-state index contributed by atoms with van der Waals surface area (Å²) in [6.07, 6.45) is -10.6. The van der Waals surface area contributed by atoms with Gasteiger partial charge < -0.3 is 5.11 Å². The van der Waals surface area contributed by atoms with Gasteiger partial charge >= 0.3 is 12.4 Å². The Labute approximate surface area is 131 Å². The minimum Gasteiger partial charge on any atom is -0.369 e. The third-order valence-electron chi connectivity index (χ3n) is 3.17. The average Bonchev–Trinajstić information content (AvgIpc) is 2.44. The summed E-state index contributed by atoms with van der Waals surface area (Å²) in [7, 11) is 0. The van der Waals surface area contributed by atoms with Crippen LogP contribution in [0.25, 0.3) is 11.1 Å². The molecule has 0 aliphatic carbocycles. The van der Waals surface area contributed by atoms with Gasteiger partial charge in [0, 0.05) is 17.3 Å². The van der Waals surface area contributed by atoms with E-state index >= 15 is 0 Å². The molecule has 0 unspecified atom stereocenters. The third kappa shape index (κ3) is 3.00.